The fourth-order valence-electron chi connectivity index (χ4n) is 1.88. The highest BCUT2D eigenvalue weighted by atomic mass is 16.6. The zero-order valence-corrected chi connectivity index (χ0v) is 11.7. The number of ether oxygens (including phenoxy) is 2. The SMILES string of the molecule is COC(=O)CN1C(=O)C(C)(C)Oc2ccc([N+](=O)[O-])nc21. The minimum atomic E-state index is -1.21. The number of carbonyl (C=O) groups excluding carboxylic acids is 2. The molecule has 1 aliphatic heterocycles. The Bertz CT molecular complexity index is 627. The first-order chi connectivity index (χ1) is 9.76. The minimum Gasteiger partial charge on any atom is -0.472 e. The van der Waals surface area contributed by atoms with Crippen LogP contribution in [0, 0.1) is 10.1 Å². The van der Waals surface area contributed by atoms with Gasteiger partial charge in [0.1, 0.15) is 6.54 Å². The molecule has 1 amide bonds. The Morgan fingerprint density at radius 1 is 1.52 bits per heavy atom. The van der Waals surface area contributed by atoms with E-state index >= 15 is 0 Å². The smallest absolute Gasteiger partial charge is 0.366 e. The van der Waals surface area contributed by atoms with Crippen LogP contribution in [0.3, 0.4) is 0 Å². The summed E-state index contributed by atoms with van der Waals surface area (Å²) < 4.78 is 10.0. The van der Waals surface area contributed by atoms with Crippen LogP contribution in [0.15, 0.2) is 12.1 Å². The first-order valence-electron chi connectivity index (χ1n) is 5.99. The van der Waals surface area contributed by atoms with E-state index in [0.29, 0.717) is 0 Å². The Labute approximate surface area is 119 Å². The standard InChI is InChI=1S/C12H13N3O6/c1-12(2)11(17)14(6-9(16)20-3)10-7(21-12)4-5-8(13-10)15(18)19/h4-5H,6H2,1-3H3. The average molecular weight is 295 g/mol. The van der Waals surface area contributed by atoms with Gasteiger partial charge in [-0.1, -0.05) is 0 Å². The van der Waals surface area contributed by atoms with Gasteiger partial charge in [-0.2, -0.15) is 0 Å². The lowest BCUT2D eigenvalue weighted by molar-refractivity contribution is -0.389. The molecule has 112 valence electrons. The predicted molar refractivity (Wildman–Crippen MR) is 70.0 cm³/mol. The second-order valence-electron chi connectivity index (χ2n) is 4.83. The molecule has 21 heavy (non-hydrogen) atoms. The zero-order valence-electron chi connectivity index (χ0n) is 11.7. The van der Waals surface area contributed by atoms with Gasteiger partial charge < -0.3 is 19.6 Å². The summed E-state index contributed by atoms with van der Waals surface area (Å²) in [5.74, 6) is -1.53. The van der Waals surface area contributed by atoms with Gasteiger partial charge in [-0.25, -0.2) is 0 Å². The lowest BCUT2D eigenvalue weighted by Gasteiger charge is -2.35. The highest BCUT2D eigenvalue weighted by Gasteiger charge is 2.45. The van der Waals surface area contributed by atoms with Gasteiger partial charge in [0.05, 0.1) is 7.11 Å². The van der Waals surface area contributed by atoms with Gasteiger partial charge in [-0.05, 0) is 29.8 Å². The van der Waals surface area contributed by atoms with Crippen molar-refractivity contribution in [2.75, 3.05) is 18.6 Å². The van der Waals surface area contributed by atoms with Gasteiger partial charge in [-0.15, -0.1) is 0 Å². The number of amides is 1. The van der Waals surface area contributed by atoms with Gasteiger partial charge in [0, 0.05) is 6.07 Å². The molecule has 9 heteroatoms. The fourth-order valence-corrected chi connectivity index (χ4v) is 1.88. The third-order valence-electron chi connectivity index (χ3n) is 2.91. The summed E-state index contributed by atoms with van der Waals surface area (Å²) in [5, 5.41) is 10.8. The molecule has 1 aromatic heterocycles. The molecule has 1 aromatic rings. The number of methoxy groups -OCH3 is 1. The van der Waals surface area contributed by atoms with E-state index in [1.54, 1.807) is 0 Å². The van der Waals surface area contributed by atoms with Crippen molar-refractivity contribution < 1.29 is 24.0 Å². The van der Waals surface area contributed by atoms with Crippen LogP contribution in [-0.2, 0) is 14.3 Å². The fraction of sp³-hybridized carbons (Fsp3) is 0.417. The van der Waals surface area contributed by atoms with E-state index < -0.39 is 34.8 Å². The number of fused-ring (bicyclic) bond motifs is 1. The van der Waals surface area contributed by atoms with Crippen LogP contribution in [0.25, 0.3) is 0 Å². The maximum Gasteiger partial charge on any atom is 0.366 e. The van der Waals surface area contributed by atoms with Crippen molar-refractivity contribution in [2.24, 2.45) is 0 Å². The van der Waals surface area contributed by atoms with E-state index in [1.807, 2.05) is 0 Å². The normalized spacial score (nSPS) is 16.0. The summed E-state index contributed by atoms with van der Waals surface area (Å²) in [6.07, 6.45) is 0. The first kappa shape index (κ1) is 14.7. The van der Waals surface area contributed by atoms with E-state index in [1.165, 1.54) is 33.1 Å². The summed E-state index contributed by atoms with van der Waals surface area (Å²) in [6.45, 7) is 2.66. The van der Waals surface area contributed by atoms with Crippen molar-refractivity contribution in [3.05, 3.63) is 22.2 Å². The molecule has 0 aromatic carbocycles. The van der Waals surface area contributed by atoms with Gasteiger partial charge in [-0.3, -0.25) is 14.5 Å². The van der Waals surface area contributed by atoms with Crippen molar-refractivity contribution in [3.63, 3.8) is 0 Å². The molecule has 2 heterocycles. The minimum absolute atomic E-state index is 0.0704. The number of carbonyl (C=O) groups is 2. The molecule has 9 nitrogen and oxygen atoms in total. The van der Waals surface area contributed by atoms with Crippen molar-refractivity contribution in [2.45, 2.75) is 19.4 Å². The lowest BCUT2D eigenvalue weighted by Crippen LogP contribution is -2.54. The van der Waals surface area contributed by atoms with Crippen molar-refractivity contribution in [3.8, 4) is 5.75 Å². The Balaban J connectivity index is 2.52. The molecular formula is C12H13N3O6. The van der Waals surface area contributed by atoms with Crippen LogP contribution in [0.4, 0.5) is 11.6 Å². The summed E-state index contributed by atoms with van der Waals surface area (Å²) in [6, 6.07) is 2.51. The molecule has 1 aliphatic rings. The number of aromatic nitrogens is 1. The van der Waals surface area contributed by atoms with Crippen LogP contribution < -0.4 is 9.64 Å². The summed E-state index contributed by atoms with van der Waals surface area (Å²) in [7, 11) is 1.18. The van der Waals surface area contributed by atoms with Crippen molar-refractivity contribution >= 4 is 23.5 Å². The van der Waals surface area contributed by atoms with Gasteiger partial charge in [0.25, 0.3) is 11.7 Å². The molecule has 0 saturated carbocycles. The lowest BCUT2D eigenvalue weighted by atomic mass is 10.1. The number of esters is 1. The van der Waals surface area contributed by atoms with E-state index in [-0.39, 0.29) is 11.6 Å². The molecule has 0 aliphatic carbocycles. The largest absolute Gasteiger partial charge is 0.472 e. The Hall–Kier alpha value is -2.71. The molecule has 0 radical (unpaired) electrons. The van der Waals surface area contributed by atoms with E-state index in [0.717, 1.165) is 4.90 Å². The summed E-state index contributed by atoms with van der Waals surface area (Å²) in [4.78, 5) is 38.7. The van der Waals surface area contributed by atoms with Crippen LogP contribution in [0.5, 0.6) is 5.75 Å². The third kappa shape index (κ3) is 2.62. The van der Waals surface area contributed by atoms with Crippen molar-refractivity contribution in [1.82, 2.24) is 4.98 Å². The number of nitro groups is 1. The van der Waals surface area contributed by atoms with Crippen LogP contribution >= 0.6 is 0 Å². The monoisotopic (exact) mass is 295 g/mol. The average Bonchev–Trinajstić information content (AvgIpc) is 2.42. The molecule has 0 bridgehead atoms. The number of hydrogen-bond donors (Lipinski definition) is 0. The van der Waals surface area contributed by atoms with Gasteiger partial charge in [0.2, 0.25) is 0 Å². The molecule has 0 fully saturated rings. The van der Waals surface area contributed by atoms with Crippen LogP contribution in [-0.4, -0.2) is 41.0 Å². The van der Waals surface area contributed by atoms with Crippen LogP contribution in [0.2, 0.25) is 0 Å². The molecule has 0 saturated heterocycles. The number of rotatable bonds is 3. The first-order valence-corrected chi connectivity index (χ1v) is 5.99. The van der Waals surface area contributed by atoms with E-state index in [9.17, 15) is 19.7 Å². The van der Waals surface area contributed by atoms with E-state index in [2.05, 4.69) is 9.72 Å². The molecule has 0 N–H and O–H groups in total. The number of hydrogen-bond acceptors (Lipinski definition) is 7. The predicted octanol–water partition coefficient (Wildman–Crippen LogP) is 0.667. The maximum absolute atomic E-state index is 12.3. The molecule has 0 unspecified atom stereocenters. The Kier molecular flexibility index (Phi) is 3.50. The second kappa shape index (κ2) is 5.00. The number of nitrogens with zero attached hydrogens (tertiary/aromatic N) is 3. The Morgan fingerprint density at radius 2 is 2.19 bits per heavy atom. The molecule has 0 spiro atoms. The number of anilines is 1. The molecular weight excluding hydrogens is 282 g/mol. The maximum atomic E-state index is 12.3. The number of pyridine rings is 1. The Morgan fingerprint density at radius 3 is 2.76 bits per heavy atom. The molecule has 0 atom stereocenters. The highest BCUT2D eigenvalue weighted by Crippen LogP contribution is 2.37. The van der Waals surface area contributed by atoms with Crippen molar-refractivity contribution in [1.29, 1.82) is 0 Å². The summed E-state index contributed by atoms with van der Waals surface area (Å²) >= 11 is 0. The van der Waals surface area contributed by atoms with Gasteiger partial charge >= 0.3 is 11.8 Å². The highest BCUT2D eigenvalue weighted by molar-refractivity contribution is 6.04. The van der Waals surface area contributed by atoms with Gasteiger partial charge in [0.15, 0.2) is 11.4 Å². The zero-order chi connectivity index (χ0) is 15.8. The second-order valence-corrected chi connectivity index (χ2v) is 4.83. The van der Waals surface area contributed by atoms with Crippen LogP contribution in [0.1, 0.15) is 13.8 Å². The third-order valence-corrected chi connectivity index (χ3v) is 2.91. The topological polar surface area (TPSA) is 112 Å². The molecule has 2 rings (SSSR count). The van der Waals surface area contributed by atoms with E-state index in [4.69, 9.17) is 4.74 Å². The summed E-state index contributed by atoms with van der Waals surface area (Å²) in [5.41, 5.74) is -1.21. The quantitative estimate of drug-likeness (QED) is 0.457.